The van der Waals surface area contributed by atoms with Crippen molar-refractivity contribution in [1.82, 2.24) is 4.90 Å². The molecule has 5 nitrogen and oxygen atoms in total. The van der Waals surface area contributed by atoms with E-state index in [0.717, 1.165) is 29.0 Å². The lowest BCUT2D eigenvalue weighted by Crippen LogP contribution is -2.39. The molecule has 2 aromatic carbocycles. The van der Waals surface area contributed by atoms with Gasteiger partial charge in [-0.2, -0.15) is 0 Å². The summed E-state index contributed by atoms with van der Waals surface area (Å²) in [4.78, 5) is 14.0. The topological polar surface area (TPSA) is 48.0 Å². The maximum atomic E-state index is 12.3. The maximum absolute atomic E-state index is 12.3. The van der Waals surface area contributed by atoms with Crippen molar-refractivity contribution in [2.24, 2.45) is 0 Å². The molecule has 2 aliphatic rings. The summed E-state index contributed by atoms with van der Waals surface area (Å²) in [6.07, 6.45) is 2.45. The van der Waals surface area contributed by atoms with Crippen LogP contribution in [0.5, 0.6) is 11.5 Å². The summed E-state index contributed by atoms with van der Waals surface area (Å²) in [5.41, 5.74) is 2.83. The second-order valence-corrected chi connectivity index (χ2v) is 8.37. The van der Waals surface area contributed by atoms with E-state index in [9.17, 15) is 4.79 Å². The SMILES string of the molecule is CC(C)(C)OC(=O)N1CC=C(c2cccc3c2OCC(c2ccccc2)O3)CC1. The monoisotopic (exact) mass is 393 g/mol. The number of ether oxygens (including phenoxy) is 3. The molecule has 1 amide bonds. The number of benzene rings is 2. The van der Waals surface area contributed by atoms with Crippen LogP contribution in [-0.2, 0) is 4.74 Å². The number of rotatable bonds is 2. The first-order valence-electron chi connectivity index (χ1n) is 10.1. The molecular formula is C24H27NO4. The van der Waals surface area contributed by atoms with E-state index in [1.54, 1.807) is 4.90 Å². The van der Waals surface area contributed by atoms with Crippen LogP contribution in [0.15, 0.2) is 54.6 Å². The number of hydrogen-bond donors (Lipinski definition) is 0. The molecule has 0 N–H and O–H groups in total. The van der Waals surface area contributed by atoms with Gasteiger partial charge in [0.25, 0.3) is 0 Å². The predicted octanol–water partition coefficient (Wildman–Crippen LogP) is 5.22. The molecule has 0 saturated carbocycles. The minimum atomic E-state index is -0.486. The molecule has 0 aromatic heterocycles. The highest BCUT2D eigenvalue weighted by Crippen LogP contribution is 2.42. The standard InChI is InChI=1S/C24H27NO4/c1-24(2,3)29-23(26)25-14-12-17(13-15-25)19-10-7-11-20-22(19)27-16-21(28-20)18-8-5-4-6-9-18/h4-12,21H,13-16H2,1-3H3. The Bertz CT molecular complexity index is 914. The number of fused-ring (bicyclic) bond motifs is 1. The van der Waals surface area contributed by atoms with Gasteiger partial charge >= 0.3 is 6.09 Å². The van der Waals surface area contributed by atoms with E-state index in [-0.39, 0.29) is 12.2 Å². The summed E-state index contributed by atoms with van der Waals surface area (Å²) < 4.78 is 17.8. The first-order valence-corrected chi connectivity index (χ1v) is 10.1. The summed E-state index contributed by atoms with van der Waals surface area (Å²) in [5, 5.41) is 0. The average molecular weight is 393 g/mol. The summed E-state index contributed by atoms with van der Waals surface area (Å²) >= 11 is 0. The van der Waals surface area contributed by atoms with Crippen LogP contribution < -0.4 is 9.47 Å². The Kier molecular flexibility index (Phi) is 5.22. The molecule has 1 unspecified atom stereocenters. The normalized spacial score (nSPS) is 18.8. The molecule has 0 spiro atoms. The maximum Gasteiger partial charge on any atom is 0.410 e. The third-order valence-electron chi connectivity index (χ3n) is 5.01. The molecule has 0 aliphatic carbocycles. The Labute approximate surface area is 171 Å². The lowest BCUT2D eigenvalue weighted by atomic mass is 9.97. The zero-order valence-corrected chi connectivity index (χ0v) is 17.2. The predicted molar refractivity (Wildman–Crippen MR) is 112 cm³/mol. The van der Waals surface area contributed by atoms with Gasteiger partial charge in [0.05, 0.1) is 0 Å². The highest BCUT2D eigenvalue weighted by molar-refractivity contribution is 5.76. The minimum absolute atomic E-state index is 0.109. The van der Waals surface area contributed by atoms with E-state index in [1.807, 2.05) is 51.1 Å². The van der Waals surface area contributed by atoms with Crippen molar-refractivity contribution in [3.05, 3.63) is 65.7 Å². The molecule has 2 aromatic rings. The van der Waals surface area contributed by atoms with E-state index < -0.39 is 5.60 Å². The van der Waals surface area contributed by atoms with E-state index in [4.69, 9.17) is 14.2 Å². The van der Waals surface area contributed by atoms with Crippen molar-refractivity contribution >= 4 is 11.7 Å². The van der Waals surface area contributed by atoms with Gasteiger partial charge in [0.15, 0.2) is 17.6 Å². The van der Waals surface area contributed by atoms with Crippen LogP contribution in [0.3, 0.4) is 0 Å². The van der Waals surface area contributed by atoms with Crippen molar-refractivity contribution in [2.75, 3.05) is 19.7 Å². The second kappa shape index (κ2) is 7.82. The molecule has 1 atom stereocenters. The van der Waals surface area contributed by atoms with Crippen LogP contribution in [0.1, 0.15) is 44.4 Å². The van der Waals surface area contributed by atoms with Crippen molar-refractivity contribution in [2.45, 2.75) is 38.9 Å². The van der Waals surface area contributed by atoms with Crippen molar-refractivity contribution in [3.63, 3.8) is 0 Å². The van der Waals surface area contributed by atoms with Gasteiger partial charge in [-0.25, -0.2) is 4.79 Å². The van der Waals surface area contributed by atoms with Gasteiger partial charge < -0.3 is 19.1 Å². The van der Waals surface area contributed by atoms with Gasteiger partial charge in [0.1, 0.15) is 12.2 Å². The Morgan fingerprint density at radius 3 is 2.59 bits per heavy atom. The van der Waals surface area contributed by atoms with Crippen molar-refractivity contribution in [3.8, 4) is 11.5 Å². The number of carbonyl (C=O) groups excluding carboxylic acids is 1. The Balaban J connectivity index is 1.49. The Morgan fingerprint density at radius 2 is 1.90 bits per heavy atom. The molecule has 0 radical (unpaired) electrons. The second-order valence-electron chi connectivity index (χ2n) is 8.37. The number of carbonyl (C=O) groups is 1. The molecule has 0 fully saturated rings. The fourth-order valence-corrected chi connectivity index (χ4v) is 3.59. The molecule has 29 heavy (non-hydrogen) atoms. The third-order valence-corrected chi connectivity index (χ3v) is 5.01. The molecule has 4 rings (SSSR count). The molecule has 2 heterocycles. The highest BCUT2D eigenvalue weighted by atomic mass is 16.6. The van der Waals surface area contributed by atoms with Gasteiger partial charge in [0.2, 0.25) is 0 Å². The van der Waals surface area contributed by atoms with Crippen LogP contribution >= 0.6 is 0 Å². The summed E-state index contributed by atoms with van der Waals surface area (Å²) in [5.74, 6) is 1.55. The number of amides is 1. The van der Waals surface area contributed by atoms with Gasteiger partial charge in [-0.05, 0) is 44.4 Å². The quantitative estimate of drug-likeness (QED) is 0.702. The Hall–Kier alpha value is -2.95. The summed E-state index contributed by atoms with van der Waals surface area (Å²) in [6, 6.07) is 16.1. The van der Waals surface area contributed by atoms with E-state index >= 15 is 0 Å². The number of nitrogens with zero attached hydrogens (tertiary/aromatic N) is 1. The summed E-state index contributed by atoms with van der Waals surface area (Å²) in [7, 11) is 0. The number of para-hydroxylation sites is 1. The Morgan fingerprint density at radius 1 is 1.10 bits per heavy atom. The zero-order chi connectivity index (χ0) is 20.4. The van der Waals surface area contributed by atoms with Crippen molar-refractivity contribution in [1.29, 1.82) is 0 Å². The lowest BCUT2D eigenvalue weighted by molar-refractivity contribution is 0.0270. The molecule has 152 valence electrons. The van der Waals surface area contributed by atoms with Gasteiger partial charge in [0, 0.05) is 18.7 Å². The zero-order valence-electron chi connectivity index (χ0n) is 17.2. The van der Waals surface area contributed by atoms with Gasteiger partial charge in [-0.3, -0.25) is 0 Å². The van der Waals surface area contributed by atoms with Crippen LogP contribution in [-0.4, -0.2) is 36.3 Å². The first kappa shape index (κ1) is 19.4. The number of hydrogen-bond acceptors (Lipinski definition) is 4. The lowest BCUT2D eigenvalue weighted by Gasteiger charge is -2.31. The minimum Gasteiger partial charge on any atom is -0.485 e. The fraction of sp³-hybridized carbons (Fsp3) is 0.375. The van der Waals surface area contributed by atoms with E-state index in [1.165, 1.54) is 5.57 Å². The van der Waals surface area contributed by atoms with Crippen LogP contribution in [0.2, 0.25) is 0 Å². The van der Waals surface area contributed by atoms with Crippen LogP contribution in [0.4, 0.5) is 4.79 Å². The average Bonchev–Trinajstić information content (AvgIpc) is 2.72. The van der Waals surface area contributed by atoms with Gasteiger partial charge in [-0.1, -0.05) is 48.5 Å². The van der Waals surface area contributed by atoms with E-state index in [2.05, 4.69) is 24.3 Å². The summed E-state index contributed by atoms with van der Waals surface area (Å²) in [6.45, 7) is 7.27. The fourth-order valence-electron chi connectivity index (χ4n) is 3.59. The molecule has 2 aliphatic heterocycles. The van der Waals surface area contributed by atoms with Gasteiger partial charge in [-0.15, -0.1) is 0 Å². The molecule has 5 heteroatoms. The first-order chi connectivity index (χ1) is 13.9. The highest BCUT2D eigenvalue weighted by Gasteiger charge is 2.28. The third kappa shape index (κ3) is 4.39. The molecular weight excluding hydrogens is 366 g/mol. The van der Waals surface area contributed by atoms with Crippen LogP contribution in [0, 0.1) is 0 Å². The molecule has 0 bridgehead atoms. The van der Waals surface area contributed by atoms with E-state index in [0.29, 0.717) is 19.7 Å². The van der Waals surface area contributed by atoms with Crippen molar-refractivity contribution < 1.29 is 19.0 Å². The molecule has 0 saturated heterocycles. The van der Waals surface area contributed by atoms with Crippen LogP contribution in [0.25, 0.3) is 5.57 Å². The smallest absolute Gasteiger partial charge is 0.410 e. The largest absolute Gasteiger partial charge is 0.485 e.